The lowest BCUT2D eigenvalue weighted by Gasteiger charge is -2.35. The van der Waals surface area contributed by atoms with Crippen molar-refractivity contribution in [3.63, 3.8) is 0 Å². The highest BCUT2D eigenvalue weighted by atomic mass is 16.6. The molecule has 0 radical (unpaired) electrons. The maximum Gasteiger partial charge on any atom is 0.410 e. The Bertz CT molecular complexity index is 1020. The Kier molecular flexibility index (Phi) is 8.91. The van der Waals surface area contributed by atoms with Gasteiger partial charge in [-0.2, -0.15) is 0 Å². The van der Waals surface area contributed by atoms with E-state index < -0.39 is 0 Å². The third-order valence-electron chi connectivity index (χ3n) is 6.60. The monoisotopic (exact) mass is 494 g/mol. The fourth-order valence-corrected chi connectivity index (χ4v) is 4.60. The molecule has 0 N–H and O–H groups in total. The van der Waals surface area contributed by atoms with Gasteiger partial charge >= 0.3 is 6.09 Å². The zero-order chi connectivity index (χ0) is 25.3. The number of imide groups is 1. The summed E-state index contributed by atoms with van der Waals surface area (Å²) in [6.07, 6.45) is 0.420. The summed E-state index contributed by atoms with van der Waals surface area (Å²) in [5.41, 5.74) is 1.92. The number of carbonyl (C=O) groups is 3. The maximum atomic E-state index is 12.7. The summed E-state index contributed by atoms with van der Waals surface area (Å²) in [4.78, 5) is 44.9. The van der Waals surface area contributed by atoms with Crippen LogP contribution in [0.4, 0.5) is 4.79 Å². The van der Waals surface area contributed by atoms with Gasteiger partial charge in [-0.3, -0.25) is 24.3 Å². The number of nitrogens with zero attached hydrogens (tertiary/aromatic N) is 4. The number of methoxy groups -OCH3 is 1. The van der Waals surface area contributed by atoms with Gasteiger partial charge in [-0.15, -0.1) is 0 Å². The van der Waals surface area contributed by atoms with E-state index in [0.29, 0.717) is 32.6 Å². The second kappa shape index (κ2) is 12.5. The van der Waals surface area contributed by atoms with E-state index in [1.165, 1.54) is 4.90 Å². The second-order valence-corrected chi connectivity index (χ2v) is 9.12. The molecule has 4 rings (SSSR count). The molecular weight excluding hydrogens is 460 g/mol. The molecule has 36 heavy (non-hydrogen) atoms. The number of amides is 3. The van der Waals surface area contributed by atoms with Gasteiger partial charge in [-0.1, -0.05) is 48.5 Å². The first-order valence-electron chi connectivity index (χ1n) is 12.4. The van der Waals surface area contributed by atoms with Crippen LogP contribution in [-0.2, 0) is 27.5 Å². The van der Waals surface area contributed by atoms with E-state index >= 15 is 0 Å². The minimum atomic E-state index is -0.291. The van der Waals surface area contributed by atoms with Crippen molar-refractivity contribution >= 4 is 17.9 Å². The van der Waals surface area contributed by atoms with Crippen LogP contribution in [0.2, 0.25) is 0 Å². The van der Waals surface area contributed by atoms with Gasteiger partial charge < -0.3 is 14.4 Å². The smallest absolute Gasteiger partial charge is 0.410 e. The Labute approximate surface area is 212 Å². The molecule has 0 aliphatic carbocycles. The van der Waals surface area contributed by atoms with Gasteiger partial charge in [-0.05, 0) is 24.6 Å². The molecule has 9 nitrogen and oxygen atoms in total. The van der Waals surface area contributed by atoms with E-state index in [9.17, 15) is 14.4 Å². The van der Waals surface area contributed by atoms with E-state index in [1.54, 1.807) is 12.0 Å². The van der Waals surface area contributed by atoms with Crippen LogP contribution >= 0.6 is 0 Å². The quantitative estimate of drug-likeness (QED) is 0.495. The predicted molar refractivity (Wildman–Crippen MR) is 134 cm³/mol. The summed E-state index contributed by atoms with van der Waals surface area (Å²) in [6, 6.07) is 17.3. The second-order valence-electron chi connectivity index (χ2n) is 9.12. The molecule has 2 fully saturated rings. The highest BCUT2D eigenvalue weighted by Gasteiger charge is 2.31. The fourth-order valence-electron chi connectivity index (χ4n) is 4.60. The van der Waals surface area contributed by atoms with Gasteiger partial charge in [0.25, 0.3) is 0 Å². The Morgan fingerprint density at radius 2 is 1.50 bits per heavy atom. The zero-order valence-electron chi connectivity index (χ0n) is 20.8. The van der Waals surface area contributed by atoms with Gasteiger partial charge in [0.1, 0.15) is 12.4 Å². The number of para-hydroxylation sites is 1. The molecule has 2 aromatic carbocycles. The van der Waals surface area contributed by atoms with Crippen molar-refractivity contribution in [2.45, 2.75) is 19.6 Å². The topological polar surface area (TPSA) is 82.6 Å². The fraction of sp³-hybridized carbons (Fsp3) is 0.444. The van der Waals surface area contributed by atoms with Crippen molar-refractivity contribution in [3.8, 4) is 5.75 Å². The van der Waals surface area contributed by atoms with Crippen LogP contribution in [0.15, 0.2) is 54.6 Å². The zero-order valence-corrected chi connectivity index (χ0v) is 20.8. The highest BCUT2D eigenvalue weighted by molar-refractivity contribution is 5.99. The van der Waals surface area contributed by atoms with Gasteiger partial charge in [0.15, 0.2) is 0 Å². The number of benzene rings is 2. The summed E-state index contributed by atoms with van der Waals surface area (Å²) < 4.78 is 10.8. The van der Waals surface area contributed by atoms with Crippen molar-refractivity contribution in [2.24, 2.45) is 0 Å². The lowest BCUT2D eigenvalue weighted by Crippen LogP contribution is -2.54. The Morgan fingerprint density at radius 1 is 0.833 bits per heavy atom. The average molecular weight is 495 g/mol. The van der Waals surface area contributed by atoms with Crippen molar-refractivity contribution < 1.29 is 23.9 Å². The lowest BCUT2D eigenvalue weighted by atomic mass is 10.1. The number of hydrogen-bond donors (Lipinski definition) is 0. The minimum absolute atomic E-state index is 0.160. The van der Waals surface area contributed by atoms with Crippen molar-refractivity contribution in [2.75, 3.05) is 59.5 Å². The van der Waals surface area contributed by atoms with Gasteiger partial charge in [0, 0.05) is 44.8 Å². The summed E-state index contributed by atoms with van der Waals surface area (Å²) in [7, 11) is 1.62. The van der Waals surface area contributed by atoms with Crippen molar-refractivity contribution in [1.29, 1.82) is 0 Å². The summed E-state index contributed by atoms with van der Waals surface area (Å²) in [5, 5.41) is 0. The molecule has 192 valence electrons. The predicted octanol–water partition coefficient (Wildman–Crippen LogP) is 2.21. The normalized spacial score (nSPS) is 17.4. The molecule has 0 spiro atoms. The molecule has 2 heterocycles. The van der Waals surface area contributed by atoms with Crippen LogP contribution in [0.1, 0.15) is 17.5 Å². The molecule has 0 atom stereocenters. The number of piperazine rings is 2. The van der Waals surface area contributed by atoms with Gasteiger partial charge in [-0.25, -0.2) is 4.79 Å². The van der Waals surface area contributed by atoms with Crippen molar-refractivity contribution in [3.05, 3.63) is 65.7 Å². The summed E-state index contributed by atoms with van der Waals surface area (Å²) in [6.45, 7) is 5.08. The number of carbonyl (C=O) groups excluding carboxylic acids is 3. The Hall–Kier alpha value is -3.43. The van der Waals surface area contributed by atoms with E-state index in [2.05, 4.69) is 4.90 Å². The molecule has 2 aliphatic rings. The summed E-state index contributed by atoms with van der Waals surface area (Å²) in [5.74, 6) is 0.434. The molecular formula is C27H34N4O5. The van der Waals surface area contributed by atoms with E-state index in [0.717, 1.165) is 36.5 Å². The summed E-state index contributed by atoms with van der Waals surface area (Å²) >= 11 is 0. The van der Waals surface area contributed by atoms with Crippen LogP contribution in [0, 0.1) is 0 Å². The average Bonchev–Trinajstić information content (AvgIpc) is 2.90. The van der Waals surface area contributed by atoms with Gasteiger partial charge in [0.05, 0.1) is 20.2 Å². The molecule has 3 amide bonds. The van der Waals surface area contributed by atoms with Crippen LogP contribution in [0.5, 0.6) is 5.75 Å². The Balaban J connectivity index is 1.15. The van der Waals surface area contributed by atoms with Crippen LogP contribution < -0.4 is 4.74 Å². The first-order valence-corrected chi connectivity index (χ1v) is 12.4. The van der Waals surface area contributed by atoms with E-state index in [4.69, 9.17) is 9.47 Å². The van der Waals surface area contributed by atoms with Crippen LogP contribution in [0.25, 0.3) is 0 Å². The molecule has 9 heteroatoms. The SMILES string of the molecule is COc1ccccc1CN1CC(=O)N(CCCN2CCN(C(=O)OCc3ccccc3)CC2)C(=O)C1. The molecule has 2 aromatic rings. The largest absolute Gasteiger partial charge is 0.496 e. The van der Waals surface area contributed by atoms with E-state index in [1.807, 2.05) is 59.5 Å². The maximum absolute atomic E-state index is 12.7. The molecule has 0 saturated carbocycles. The third kappa shape index (κ3) is 6.83. The first kappa shape index (κ1) is 25.7. The molecule has 0 aromatic heterocycles. The molecule has 0 unspecified atom stereocenters. The number of ether oxygens (including phenoxy) is 2. The van der Waals surface area contributed by atoms with E-state index in [-0.39, 0.29) is 37.6 Å². The molecule has 2 saturated heterocycles. The Morgan fingerprint density at radius 3 is 2.19 bits per heavy atom. The number of rotatable bonds is 9. The minimum Gasteiger partial charge on any atom is -0.496 e. The van der Waals surface area contributed by atoms with Crippen molar-refractivity contribution in [1.82, 2.24) is 19.6 Å². The highest BCUT2D eigenvalue weighted by Crippen LogP contribution is 2.20. The third-order valence-corrected chi connectivity index (χ3v) is 6.60. The lowest BCUT2D eigenvalue weighted by molar-refractivity contribution is -0.151. The van der Waals surface area contributed by atoms with Crippen LogP contribution in [0.3, 0.4) is 0 Å². The van der Waals surface area contributed by atoms with Gasteiger partial charge in [0.2, 0.25) is 11.8 Å². The van der Waals surface area contributed by atoms with Crippen LogP contribution in [-0.4, -0.2) is 97.0 Å². The first-order chi connectivity index (χ1) is 17.5. The molecule has 2 aliphatic heterocycles. The standard InChI is InChI=1S/C27H34N4O5/c1-35-24-11-6-5-10-23(24)18-29-19-25(32)31(26(33)20-29)13-7-12-28-14-16-30(17-15-28)27(34)36-21-22-8-3-2-4-9-22/h2-6,8-11H,7,12-21H2,1H3. The number of hydrogen-bond acceptors (Lipinski definition) is 7. The molecule has 0 bridgehead atoms.